The summed E-state index contributed by atoms with van der Waals surface area (Å²) in [6.45, 7) is 1.28. The summed E-state index contributed by atoms with van der Waals surface area (Å²) in [6, 6.07) is 0. The summed E-state index contributed by atoms with van der Waals surface area (Å²) in [5.41, 5.74) is -2.50. The molecule has 0 saturated heterocycles. The van der Waals surface area contributed by atoms with E-state index in [4.69, 9.17) is 5.11 Å². The summed E-state index contributed by atoms with van der Waals surface area (Å²) < 4.78 is 0.714. The second-order valence-electron chi connectivity index (χ2n) is 2.65. The van der Waals surface area contributed by atoms with E-state index >= 15 is 0 Å². The van der Waals surface area contributed by atoms with Gasteiger partial charge in [0.25, 0.3) is 0 Å². The zero-order valence-electron chi connectivity index (χ0n) is 6.90. The van der Waals surface area contributed by atoms with Gasteiger partial charge in [-0.1, -0.05) is 0 Å². The highest BCUT2D eigenvalue weighted by Crippen LogP contribution is 1.79. The van der Waals surface area contributed by atoms with Crippen molar-refractivity contribution in [3.63, 3.8) is 0 Å². The van der Waals surface area contributed by atoms with Gasteiger partial charge in [-0.15, -0.1) is 0 Å². The van der Waals surface area contributed by atoms with E-state index in [1.165, 1.54) is 6.92 Å². The lowest BCUT2D eigenvalue weighted by atomic mass is 10.4. The minimum absolute atomic E-state index is 0.148. The van der Waals surface area contributed by atoms with Gasteiger partial charge in [0.05, 0.1) is 12.6 Å². The number of nitrogens with one attached hydrogen (secondary N) is 2. The van der Waals surface area contributed by atoms with Gasteiger partial charge in [0, 0.05) is 0 Å². The minimum Gasteiger partial charge on any atom is -0.392 e. The van der Waals surface area contributed by atoms with Crippen LogP contribution in [0, 0.1) is 0 Å². The van der Waals surface area contributed by atoms with Crippen molar-refractivity contribution in [1.29, 1.82) is 0 Å². The number of aromatic amines is 2. The van der Waals surface area contributed by atoms with E-state index < -0.39 is 23.2 Å². The fraction of sp³-hybridized carbons (Fsp3) is 0.500. The maximum absolute atomic E-state index is 11.0. The van der Waals surface area contributed by atoms with Crippen molar-refractivity contribution in [3.8, 4) is 0 Å². The normalized spacial score (nSPS) is 12.8. The molecule has 0 aliphatic carbocycles. The molecule has 0 aromatic carbocycles. The molecule has 1 heterocycles. The number of aliphatic hydroxyl groups is 1. The Morgan fingerprint density at radius 1 is 1.31 bits per heavy atom. The fourth-order valence-electron chi connectivity index (χ4n) is 0.883. The molecular weight excluding hydrogens is 178 g/mol. The number of rotatable bonds is 2. The van der Waals surface area contributed by atoms with Crippen LogP contribution in [0.25, 0.3) is 0 Å². The Hall–Kier alpha value is -1.63. The van der Waals surface area contributed by atoms with Crippen LogP contribution in [0.15, 0.2) is 14.4 Å². The molecule has 1 rings (SSSR count). The molecule has 7 heteroatoms. The van der Waals surface area contributed by atoms with Gasteiger partial charge < -0.3 is 5.11 Å². The molecule has 1 unspecified atom stereocenters. The molecule has 3 N–H and O–H groups in total. The monoisotopic (exact) mass is 187 g/mol. The first-order chi connectivity index (χ1) is 6.00. The number of hydrogen-bond acceptors (Lipinski definition) is 4. The highest BCUT2D eigenvalue weighted by Gasteiger charge is 2.04. The van der Waals surface area contributed by atoms with Crippen molar-refractivity contribution < 1.29 is 5.11 Å². The van der Waals surface area contributed by atoms with Gasteiger partial charge in [0.15, 0.2) is 0 Å². The van der Waals surface area contributed by atoms with Crippen LogP contribution in [-0.2, 0) is 6.54 Å². The SMILES string of the molecule is CC(O)Cn1c(=O)[nH]c(=O)[nH]c1=O. The van der Waals surface area contributed by atoms with Crippen LogP contribution < -0.4 is 17.1 Å². The van der Waals surface area contributed by atoms with Crippen molar-refractivity contribution in [2.24, 2.45) is 0 Å². The summed E-state index contributed by atoms with van der Waals surface area (Å²) in [5.74, 6) is 0. The topological polar surface area (TPSA) is 108 Å². The maximum atomic E-state index is 11.0. The Kier molecular flexibility index (Phi) is 2.47. The second-order valence-corrected chi connectivity index (χ2v) is 2.65. The van der Waals surface area contributed by atoms with E-state index in [9.17, 15) is 14.4 Å². The number of aromatic nitrogens is 3. The van der Waals surface area contributed by atoms with E-state index in [2.05, 4.69) is 0 Å². The first-order valence-electron chi connectivity index (χ1n) is 3.62. The van der Waals surface area contributed by atoms with Crippen LogP contribution in [0.4, 0.5) is 0 Å². The fourth-order valence-corrected chi connectivity index (χ4v) is 0.883. The number of H-pyrrole nitrogens is 2. The van der Waals surface area contributed by atoms with Gasteiger partial charge >= 0.3 is 17.1 Å². The lowest BCUT2D eigenvalue weighted by Gasteiger charge is -2.04. The Balaban J connectivity index is 3.30. The highest BCUT2D eigenvalue weighted by atomic mass is 16.3. The molecule has 1 aromatic heterocycles. The minimum atomic E-state index is -0.850. The zero-order valence-corrected chi connectivity index (χ0v) is 6.90. The molecule has 7 nitrogen and oxygen atoms in total. The highest BCUT2D eigenvalue weighted by molar-refractivity contribution is 4.69. The molecule has 0 amide bonds. The lowest BCUT2D eigenvalue weighted by molar-refractivity contribution is 0.169. The predicted molar refractivity (Wildman–Crippen MR) is 43.6 cm³/mol. The number of aliphatic hydroxyl groups excluding tert-OH is 1. The predicted octanol–water partition coefficient (Wildman–Crippen LogP) is -2.39. The van der Waals surface area contributed by atoms with Crippen LogP contribution in [0.2, 0.25) is 0 Å². The van der Waals surface area contributed by atoms with E-state index in [-0.39, 0.29) is 6.54 Å². The average Bonchev–Trinajstić information content (AvgIpc) is 1.96. The molecule has 0 aliphatic rings. The van der Waals surface area contributed by atoms with E-state index in [1.807, 2.05) is 9.97 Å². The van der Waals surface area contributed by atoms with Crippen molar-refractivity contribution in [2.45, 2.75) is 19.6 Å². The Morgan fingerprint density at radius 3 is 2.15 bits per heavy atom. The molecule has 0 spiro atoms. The van der Waals surface area contributed by atoms with E-state index in [1.54, 1.807) is 0 Å². The van der Waals surface area contributed by atoms with Gasteiger partial charge in [-0.3, -0.25) is 9.97 Å². The Morgan fingerprint density at radius 2 is 1.77 bits per heavy atom. The zero-order chi connectivity index (χ0) is 10.0. The molecule has 0 fully saturated rings. The van der Waals surface area contributed by atoms with Gasteiger partial charge in [-0.2, -0.15) is 0 Å². The van der Waals surface area contributed by atoms with E-state index in [0.717, 1.165) is 0 Å². The third-order valence-electron chi connectivity index (χ3n) is 1.38. The molecule has 0 bridgehead atoms. The molecular formula is C6H9N3O4. The van der Waals surface area contributed by atoms with Crippen molar-refractivity contribution in [1.82, 2.24) is 14.5 Å². The van der Waals surface area contributed by atoms with Crippen LogP contribution in [-0.4, -0.2) is 25.7 Å². The van der Waals surface area contributed by atoms with Crippen molar-refractivity contribution >= 4 is 0 Å². The number of hydrogen-bond donors (Lipinski definition) is 3. The summed E-state index contributed by atoms with van der Waals surface area (Å²) in [7, 11) is 0. The lowest BCUT2D eigenvalue weighted by Crippen LogP contribution is -2.44. The second kappa shape index (κ2) is 3.40. The third kappa shape index (κ3) is 2.15. The Bertz CT molecular complexity index is 418. The summed E-state index contributed by atoms with van der Waals surface area (Å²) in [5, 5.41) is 8.92. The van der Waals surface area contributed by atoms with Crippen molar-refractivity contribution in [2.75, 3.05) is 0 Å². The summed E-state index contributed by atoms with van der Waals surface area (Å²) in [6.07, 6.45) is -0.829. The average molecular weight is 187 g/mol. The standard InChI is InChI=1S/C6H9N3O4/c1-3(10)2-9-5(12)7-4(11)8-6(9)13/h3,10H,2H2,1H3,(H2,7,8,11,12,13). The van der Waals surface area contributed by atoms with Crippen LogP contribution >= 0.6 is 0 Å². The molecule has 0 aliphatic heterocycles. The molecule has 0 saturated carbocycles. The van der Waals surface area contributed by atoms with Crippen LogP contribution in [0.1, 0.15) is 6.92 Å². The van der Waals surface area contributed by atoms with Gasteiger partial charge in [0.1, 0.15) is 0 Å². The first-order valence-corrected chi connectivity index (χ1v) is 3.62. The largest absolute Gasteiger partial charge is 0.392 e. The van der Waals surface area contributed by atoms with Gasteiger partial charge in [-0.25, -0.2) is 19.0 Å². The van der Waals surface area contributed by atoms with Crippen LogP contribution in [0.5, 0.6) is 0 Å². The van der Waals surface area contributed by atoms with Crippen molar-refractivity contribution in [3.05, 3.63) is 31.5 Å². The maximum Gasteiger partial charge on any atom is 0.333 e. The van der Waals surface area contributed by atoms with Gasteiger partial charge in [-0.05, 0) is 6.92 Å². The Labute approximate surface area is 71.7 Å². The molecule has 1 atom stereocenters. The smallest absolute Gasteiger partial charge is 0.333 e. The molecule has 13 heavy (non-hydrogen) atoms. The van der Waals surface area contributed by atoms with E-state index in [0.29, 0.717) is 4.57 Å². The molecule has 72 valence electrons. The summed E-state index contributed by atoms with van der Waals surface area (Å²) >= 11 is 0. The third-order valence-corrected chi connectivity index (χ3v) is 1.38. The summed E-state index contributed by atoms with van der Waals surface area (Å²) in [4.78, 5) is 36.2. The molecule has 0 radical (unpaired) electrons. The van der Waals surface area contributed by atoms with Gasteiger partial charge in [0.2, 0.25) is 0 Å². The quantitative estimate of drug-likeness (QED) is 0.479. The van der Waals surface area contributed by atoms with Crippen LogP contribution in [0.3, 0.4) is 0 Å². The first kappa shape index (κ1) is 9.46. The molecule has 1 aromatic rings. The number of nitrogens with zero attached hydrogens (tertiary/aromatic N) is 1.